The highest BCUT2D eigenvalue weighted by Crippen LogP contribution is 2.24. The summed E-state index contributed by atoms with van der Waals surface area (Å²) in [4.78, 5) is 25.4. The van der Waals surface area contributed by atoms with Crippen molar-refractivity contribution in [2.24, 2.45) is 11.0 Å². The molecule has 6 nitrogen and oxygen atoms in total. The molecule has 3 aromatic carbocycles. The fourth-order valence-electron chi connectivity index (χ4n) is 3.14. The van der Waals surface area contributed by atoms with E-state index < -0.39 is 17.9 Å². The normalized spacial score (nSPS) is 11.9. The number of hydrogen-bond acceptors (Lipinski definition) is 4. The molecule has 1 unspecified atom stereocenters. The summed E-state index contributed by atoms with van der Waals surface area (Å²) in [6, 6.07) is 18.4. The second-order valence-electron chi connectivity index (χ2n) is 7.98. The van der Waals surface area contributed by atoms with Crippen LogP contribution >= 0.6 is 34.8 Å². The van der Waals surface area contributed by atoms with E-state index in [1.54, 1.807) is 48.5 Å². The number of hydrogen-bond donors (Lipinski definition) is 2. The molecule has 182 valence electrons. The van der Waals surface area contributed by atoms with Crippen LogP contribution in [-0.4, -0.2) is 24.1 Å². The molecule has 0 aliphatic carbocycles. The van der Waals surface area contributed by atoms with Crippen molar-refractivity contribution >= 4 is 52.8 Å². The van der Waals surface area contributed by atoms with Crippen LogP contribution in [0.15, 0.2) is 71.8 Å². The first-order valence-electron chi connectivity index (χ1n) is 10.8. The third kappa shape index (κ3) is 7.46. The number of halogens is 3. The van der Waals surface area contributed by atoms with Gasteiger partial charge in [-0.2, -0.15) is 5.10 Å². The maximum absolute atomic E-state index is 12.8. The molecule has 0 aromatic heterocycles. The van der Waals surface area contributed by atoms with Crippen molar-refractivity contribution in [2.75, 3.05) is 0 Å². The van der Waals surface area contributed by atoms with Gasteiger partial charge in [0.15, 0.2) is 0 Å². The Hall–Kier alpha value is -3.06. The van der Waals surface area contributed by atoms with Crippen LogP contribution in [0.5, 0.6) is 5.75 Å². The summed E-state index contributed by atoms with van der Waals surface area (Å²) in [6.45, 7) is 3.93. The van der Waals surface area contributed by atoms with Gasteiger partial charge < -0.3 is 10.1 Å². The van der Waals surface area contributed by atoms with Crippen molar-refractivity contribution in [3.8, 4) is 5.75 Å². The standard InChI is InChI=1S/C26H24Cl3N3O3/c1-16(2)24(31-25(33)19-8-4-5-9-20(19)27)26(34)32-30-14-18-7-3-6-10-23(18)35-15-17-11-12-21(28)22(29)13-17/h3-14,16,24H,15H2,1-2H3,(H,31,33)(H,32,34)/b30-14+. The minimum absolute atomic E-state index is 0.182. The molecular weight excluding hydrogens is 509 g/mol. The zero-order chi connectivity index (χ0) is 25.4. The largest absolute Gasteiger partial charge is 0.488 e. The molecule has 3 rings (SSSR count). The van der Waals surface area contributed by atoms with Crippen LogP contribution in [0.3, 0.4) is 0 Å². The Morgan fingerprint density at radius 3 is 2.37 bits per heavy atom. The van der Waals surface area contributed by atoms with Crippen LogP contribution in [0.2, 0.25) is 15.1 Å². The van der Waals surface area contributed by atoms with Crippen molar-refractivity contribution < 1.29 is 14.3 Å². The second kappa shape index (κ2) is 12.6. The summed E-state index contributed by atoms with van der Waals surface area (Å²) < 4.78 is 5.90. The maximum atomic E-state index is 12.8. The third-order valence-electron chi connectivity index (χ3n) is 5.03. The van der Waals surface area contributed by atoms with Gasteiger partial charge in [-0.3, -0.25) is 9.59 Å². The molecule has 2 N–H and O–H groups in total. The van der Waals surface area contributed by atoms with Crippen LogP contribution in [0.25, 0.3) is 0 Å². The Morgan fingerprint density at radius 2 is 1.66 bits per heavy atom. The first kappa shape index (κ1) is 26.5. The summed E-state index contributed by atoms with van der Waals surface area (Å²) in [5.74, 6) is -0.497. The predicted octanol–water partition coefficient (Wildman–Crippen LogP) is 6.13. The molecule has 0 saturated carbocycles. The van der Waals surface area contributed by atoms with Crippen molar-refractivity contribution in [1.82, 2.24) is 10.7 Å². The van der Waals surface area contributed by atoms with Gasteiger partial charge in [0.25, 0.3) is 11.8 Å². The molecular formula is C26H24Cl3N3O3. The zero-order valence-corrected chi connectivity index (χ0v) is 21.4. The van der Waals surface area contributed by atoms with E-state index in [0.29, 0.717) is 31.9 Å². The van der Waals surface area contributed by atoms with E-state index in [2.05, 4.69) is 15.8 Å². The minimum atomic E-state index is -0.808. The lowest BCUT2D eigenvalue weighted by Gasteiger charge is -2.20. The molecule has 3 aromatic rings. The Morgan fingerprint density at radius 1 is 0.943 bits per heavy atom. The van der Waals surface area contributed by atoms with Gasteiger partial charge in [-0.15, -0.1) is 0 Å². The molecule has 0 radical (unpaired) electrons. The molecule has 2 amide bonds. The summed E-state index contributed by atoms with van der Waals surface area (Å²) in [5.41, 5.74) is 4.31. The molecule has 0 heterocycles. The number of nitrogens with one attached hydrogen (secondary N) is 2. The predicted molar refractivity (Wildman–Crippen MR) is 141 cm³/mol. The van der Waals surface area contributed by atoms with Gasteiger partial charge >= 0.3 is 0 Å². The van der Waals surface area contributed by atoms with Gasteiger partial charge in [0.1, 0.15) is 18.4 Å². The molecule has 0 aliphatic rings. The number of carbonyl (C=O) groups excluding carboxylic acids is 2. The number of amides is 2. The zero-order valence-electron chi connectivity index (χ0n) is 19.1. The molecule has 0 saturated heterocycles. The summed E-state index contributed by atoms with van der Waals surface area (Å²) in [5, 5.41) is 8.02. The summed E-state index contributed by atoms with van der Waals surface area (Å²) in [7, 11) is 0. The van der Waals surface area contributed by atoms with E-state index in [0.717, 1.165) is 5.56 Å². The number of ether oxygens (including phenoxy) is 1. The highest BCUT2D eigenvalue weighted by atomic mass is 35.5. The lowest BCUT2D eigenvalue weighted by atomic mass is 10.0. The molecule has 9 heteroatoms. The first-order chi connectivity index (χ1) is 16.8. The number of hydrazone groups is 1. The maximum Gasteiger partial charge on any atom is 0.262 e. The van der Waals surface area contributed by atoms with Gasteiger partial charge in [-0.1, -0.05) is 79.0 Å². The lowest BCUT2D eigenvalue weighted by molar-refractivity contribution is -0.123. The molecule has 35 heavy (non-hydrogen) atoms. The number of nitrogens with zero attached hydrogens (tertiary/aromatic N) is 1. The Balaban J connectivity index is 1.64. The second-order valence-corrected chi connectivity index (χ2v) is 9.21. The van der Waals surface area contributed by atoms with Gasteiger partial charge in [0, 0.05) is 5.56 Å². The van der Waals surface area contributed by atoms with Crippen LogP contribution < -0.4 is 15.5 Å². The van der Waals surface area contributed by atoms with Crippen LogP contribution in [0.4, 0.5) is 0 Å². The molecule has 0 aliphatic heterocycles. The minimum Gasteiger partial charge on any atom is -0.488 e. The van der Waals surface area contributed by atoms with Crippen molar-refractivity contribution in [3.63, 3.8) is 0 Å². The van der Waals surface area contributed by atoms with E-state index in [1.165, 1.54) is 6.21 Å². The van der Waals surface area contributed by atoms with Crippen LogP contribution in [0.1, 0.15) is 35.3 Å². The topological polar surface area (TPSA) is 79.8 Å². The molecule has 0 spiro atoms. The molecule has 0 fully saturated rings. The Labute approximate surface area is 219 Å². The monoisotopic (exact) mass is 531 g/mol. The van der Waals surface area contributed by atoms with Crippen molar-refractivity contribution in [2.45, 2.75) is 26.5 Å². The Kier molecular flexibility index (Phi) is 9.55. The highest BCUT2D eigenvalue weighted by Gasteiger charge is 2.25. The molecule has 0 bridgehead atoms. The third-order valence-corrected chi connectivity index (χ3v) is 6.10. The quantitative estimate of drug-likeness (QED) is 0.257. The fourth-order valence-corrected chi connectivity index (χ4v) is 3.69. The smallest absolute Gasteiger partial charge is 0.262 e. The van der Waals surface area contributed by atoms with E-state index in [-0.39, 0.29) is 12.5 Å². The van der Waals surface area contributed by atoms with Crippen molar-refractivity contribution in [3.05, 3.63) is 98.5 Å². The van der Waals surface area contributed by atoms with Gasteiger partial charge in [-0.25, -0.2) is 5.43 Å². The number of carbonyl (C=O) groups is 2. The van der Waals surface area contributed by atoms with Gasteiger partial charge in [-0.05, 0) is 47.9 Å². The number of rotatable bonds is 9. The molecule has 1 atom stereocenters. The summed E-state index contributed by atoms with van der Waals surface area (Å²) in [6.07, 6.45) is 1.48. The van der Waals surface area contributed by atoms with Gasteiger partial charge in [0.2, 0.25) is 0 Å². The number of para-hydroxylation sites is 1. The van der Waals surface area contributed by atoms with E-state index >= 15 is 0 Å². The van der Waals surface area contributed by atoms with E-state index in [9.17, 15) is 9.59 Å². The van der Waals surface area contributed by atoms with Crippen LogP contribution in [0, 0.1) is 5.92 Å². The van der Waals surface area contributed by atoms with Crippen molar-refractivity contribution in [1.29, 1.82) is 0 Å². The lowest BCUT2D eigenvalue weighted by Crippen LogP contribution is -2.48. The van der Waals surface area contributed by atoms with E-state index in [1.807, 2.05) is 32.0 Å². The van der Waals surface area contributed by atoms with E-state index in [4.69, 9.17) is 39.5 Å². The highest BCUT2D eigenvalue weighted by molar-refractivity contribution is 6.42. The van der Waals surface area contributed by atoms with Crippen LogP contribution in [-0.2, 0) is 11.4 Å². The average molecular weight is 533 g/mol. The van der Waals surface area contributed by atoms with Gasteiger partial charge in [0.05, 0.1) is 26.8 Å². The number of benzene rings is 3. The average Bonchev–Trinajstić information content (AvgIpc) is 2.83. The summed E-state index contributed by atoms with van der Waals surface area (Å²) >= 11 is 18.1. The fraction of sp³-hybridized carbons (Fsp3) is 0.192. The Bertz CT molecular complexity index is 1230. The SMILES string of the molecule is CC(C)C(NC(=O)c1ccccc1Cl)C(=O)N/N=C/c1ccccc1OCc1ccc(Cl)c(Cl)c1. The first-order valence-corrected chi connectivity index (χ1v) is 11.9.